The number of nitrogens with zero attached hydrogens (tertiary/aromatic N) is 4. The van der Waals surface area contributed by atoms with Crippen LogP contribution in [-0.4, -0.2) is 25.6 Å². The molecule has 0 aliphatic rings. The van der Waals surface area contributed by atoms with Crippen LogP contribution >= 0.6 is 22.9 Å². The second kappa shape index (κ2) is 5.94. The van der Waals surface area contributed by atoms with Crippen molar-refractivity contribution in [3.63, 3.8) is 0 Å². The van der Waals surface area contributed by atoms with Crippen LogP contribution in [0.3, 0.4) is 0 Å². The van der Waals surface area contributed by atoms with E-state index < -0.39 is 0 Å². The van der Waals surface area contributed by atoms with Gasteiger partial charge >= 0.3 is 0 Å². The number of aromatic nitrogens is 5. The van der Waals surface area contributed by atoms with Crippen molar-refractivity contribution in [3.8, 4) is 21.2 Å². The molecule has 3 heterocycles. The molecule has 0 radical (unpaired) electrons. The summed E-state index contributed by atoms with van der Waals surface area (Å²) in [5.74, 6) is 1.37. The van der Waals surface area contributed by atoms with Gasteiger partial charge < -0.3 is 4.42 Å². The highest BCUT2D eigenvalue weighted by Gasteiger charge is 2.18. The Hall–Kier alpha value is -2.51. The van der Waals surface area contributed by atoms with E-state index in [2.05, 4.69) is 20.6 Å². The molecule has 8 heteroatoms. The Bertz CT molecular complexity index is 900. The van der Waals surface area contributed by atoms with Gasteiger partial charge in [0.15, 0.2) is 5.82 Å². The van der Waals surface area contributed by atoms with Crippen molar-refractivity contribution in [1.82, 2.24) is 25.6 Å². The van der Waals surface area contributed by atoms with Crippen LogP contribution < -0.4 is 0 Å². The average molecular weight is 344 g/mol. The minimum absolute atomic E-state index is 0.483. The summed E-state index contributed by atoms with van der Waals surface area (Å²) in [6.45, 7) is 0. The molecule has 0 spiro atoms. The predicted molar refractivity (Wildman–Crippen MR) is 87.2 cm³/mol. The standard InChI is InChI=1S/C15H10ClN5OS/c16-10-5-3-9(4-6-10)15-17-11(8-13-18-20-21-19-13)14(23-15)12-2-1-7-22-12/h1-7H,8H2,(H,18,19,20,21). The van der Waals surface area contributed by atoms with Gasteiger partial charge in [0, 0.05) is 10.6 Å². The van der Waals surface area contributed by atoms with Crippen LogP contribution in [0, 0.1) is 0 Å². The van der Waals surface area contributed by atoms with Crippen LogP contribution in [0.25, 0.3) is 21.2 Å². The van der Waals surface area contributed by atoms with E-state index in [4.69, 9.17) is 21.0 Å². The molecule has 0 aliphatic carbocycles. The number of aromatic amines is 1. The summed E-state index contributed by atoms with van der Waals surface area (Å²) in [7, 11) is 0. The Morgan fingerprint density at radius 2 is 2.04 bits per heavy atom. The van der Waals surface area contributed by atoms with Gasteiger partial charge in [-0.2, -0.15) is 5.21 Å². The monoisotopic (exact) mass is 343 g/mol. The second-order valence-corrected chi connectivity index (χ2v) is 6.22. The van der Waals surface area contributed by atoms with Gasteiger partial charge in [0.05, 0.1) is 23.3 Å². The summed E-state index contributed by atoms with van der Waals surface area (Å²) in [4.78, 5) is 5.70. The Morgan fingerprint density at radius 1 is 1.17 bits per heavy atom. The van der Waals surface area contributed by atoms with Crippen molar-refractivity contribution < 1.29 is 4.42 Å². The van der Waals surface area contributed by atoms with E-state index in [1.807, 2.05) is 36.4 Å². The van der Waals surface area contributed by atoms with Crippen molar-refractivity contribution >= 4 is 22.9 Å². The molecule has 4 rings (SSSR count). The van der Waals surface area contributed by atoms with E-state index in [9.17, 15) is 0 Å². The largest absolute Gasteiger partial charge is 0.463 e. The highest BCUT2D eigenvalue weighted by Crippen LogP contribution is 2.36. The smallest absolute Gasteiger partial charge is 0.180 e. The first-order valence-electron chi connectivity index (χ1n) is 6.81. The molecule has 0 amide bonds. The van der Waals surface area contributed by atoms with E-state index in [1.165, 1.54) is 0 Å². The second-order valence-electron chi connectivity index (χ2n) is 4.78. The summed E-state index contributed by atoms with van der Waals surface area (Å²) >= 11 is 7.52. The lowest BCUT2D eigenvalue weighted by atomic mass is 10.2. The van der Waals surface area contributed by atoms with E-state index in [-0.39, 0.29) is 0 Å². The van der Waals surface area contributed by atoms with E-state index >= 15 is 0 Å². The van der Waals surface area contributed by atoms with Gasteiger partial charge in [-0.05, 0) is 24.3 Å². The van der Waals surface area contributed by atoms with E-state index in [0.29, 0.717) is 17.3 Å². The quantitative estimate of drug-likeness (QED) is 0.609. The number of thiazole rings is 1. The number of halogens is 1. The normalized spacial score (nSPS) is 11.0. The molecule has 114 valence electrons. The fourth-order valence-electron chi connectivity index (χ4n) is 2.19. The molecule has 1 aromatic carbocycles. The summed E-state index contributed by atoms with van der Waals surface area (Å²) in [6.07, 6.45) is 2.13. The van der Waals surface area contributed by atoms with Gasteiger partial charge in [0.2, 0.25) is 0 Å². The van der Waals surface area contributed by atoms with Crippen LogP contribution in [0.5, 0.6) is 0 Å². The number of rotatable bonds is 4. The van der Waals surface area contributed by atoms with Crippen LogP contribution in [0.1, 0.15) is 11.5 Å². The molecule has 23 heavy (non-hydrogen) atoms. The Kier molecular flexibility index (Phi) is 3.64. The third-order valence-corrected chi connectivity index (χ3v) is 4.66. The van der Waals surface area contributed by atoms with Gasteiger partial charge in [0.25, 0.3) is 0 Å². The van der Waals surface area contributed by atoms with Gasteiger partial charge in [-0.15, -0.1) is 21.5 Å². The molecule has 1 N–H and O–H groups in total. The number of hydrogen-bond donors (Lipinski definition) is 1. The molecular weight excluding hydrogens is 334 g/mol. The topological polar surface area (TPSA) is 80.5 Å². The fourth-order valence-corrected chi connectivity index (χ4v) is 3.38. The average Bonchev–Trinajstić information content (AvgIpc) is 3.29. The van der Waals surface area contributed by atoms with E-state index in [0.717, 1.165) is 26.9 Å². The molecule has 0 fully saturated rings. The maximum absolute atomic E-state index is 5.95. The number of furan rings is 1. The molecule has 0 unspecified atom stereocenters. The zero-order chi connectivity index (χ0) is 15.6. The Balaban J connectivity index is 1.78. The maximum atomic E-state index is 5.95. The first-order chi connectivity index (χ1) is 11.3. The van der Waals surface area contributed by atoms with Crippen LogP contribution in [-0.2, 0) is 6.42 Å². The van der Waals surface area contributed by atoms with Crippen molar-refractivity contribution in [1.29, 1.82) is 0 Å². The number of tetrazole rings is 1. The molecule has 4 aromatic rings. The molecule has 3 aromatic heterocycles. The van der Waals surface area contributed by atoms with Crippen LogP contribution in [0.2, 0.25) is 5.02 Å². The number of benzene rings is 1. The highest BCUT2D eigenvalue weighted by atomic mass is 35.5. The lowest BCUT2D eigenvalue weighted by Gasteiger charge is -1.95. The van der Waals surface area contributed by atoms with Gasteiger partial charge in [0.1, 0.15) is 10.8 Å². The van der Waals surface area contributed by atoms with E-state index in [1.54, 1.807) is 17.6 Å². The molecule has 0 bridgehead atoms. The van der Waals surface area contributed by atoms with Crippen molar-refractivity contribution in [2.24, 2.45) is 0 Å². The molecule has 0 atom stereocenters. The van der Waals surface area contributed by atoms with Crippen molar-refractivity contribution in [2.45, 2.75) is 6.42 Å². The highest BCUT2D eigenvalue weighted by molar-refractivity contribution is 7.18. The third-order valence-electron chi connectivity index (χ3n) is 3.25. The number of nitrogens with one attached hydrogen (secondary N) is 1. The predicted octanol–water partition coefficient (Wildman–Crippen LogP) is 3.83. The molecule has 0 aliphatic heterocycles. The minimum atomic E-state index is 0.483. The summed E-state index contributed by atoms with van der Waals surface area (Å²) in [5, 5.41) is 15.6. The first kappa shape index (κ1) is 14.1. The molecule has 0 saturated heterocycles. The Morgan fingerprint density at radius 3 is 2.74 bits per heavy atom. The fraction of sp³-hybridized carbons (Fsp3) is 0.0667. The number of H-pyrrole nitrogens is 1. The number of hydrogen-bond acceptors (Lipinski definition) is 6. The molecule has 0 saturated carbocycles. The summed E-state index contributed by atoms with van der Waals surface area (Å²) in [5.41, 5.74) is 1.86. The van der Waals surface area contributed by atoms with Crippen molar-refractivity contribution in [3.05, 3.63) is 59.2 Å². The maximum Gasteiger partial charge on any atom is 0.180 e. The van der Waals surface area contributed by atoms with Gasteiger partial charge in [-0.3, -0.25) is 0 Å². The van der Waals surface area contributed by atoms with Crippen molar-refractivity contribution in [2.75, 3.05) is 0 Å². The first-order valence-corrected chi connectivity index (χ1v) is 8.01. The van der Waals surface area contributed by atoms with Crippen LogP contribution in [0.15, 0.2) is 47.1 Å². The SMILES string of the molecule is Clc1ccc(-c2nc(Cc3nn[nH]n3)c(-c3ccco3)s2)cc1. The summed E-state index contributed by atoms with van der Waals surface area (Å²) in [6, 6.07) is 11.4. The Labute approximate surface area is 140 Å². The van der Waals surface area contributed by atoms with Crippen LogP contribution in [0.4, 0.5) is 0 Å². The molecule has 6 nitrogen and oxygen atoms in total. The molecular formula is C15H10ClN5OS. The lowest BCUT2D eigenvalue weighted by molar-refractivity contribution is 0.583. The zero-order valence-corrected chi connectivity index (χ0v) is 13.3. The third kappa shape index (κ3) is 2.88. The zero-order valence-electron chi connectivity index (χ0n) is 11.7. The summed E-state index contributed by atoms with van der Waals surface area (Å²) < 4.78 is 5.53. The van der Waals surface area contributed by atoms with Gasteiger partial charge in [-0.1, -0.05) is 28.9 Å². The minimum Gasteiger partial charge on any atom is -0.463 e. The van der Waals surface area contributed by atoms with Gasteiger partial charge in [-0.25, -0.2) is 4.98 Å². The lowest BCUT2D eigenvalue weighted by Crippen LogP contribution is -1.93.